The van der Waals surface area contributed by atoms with E-state index in [4.69, 9.17) is 14.5 Å². The predicted octanol–water partition coefficient (Wildman–Crippen LogP) is 4.77. The van der Waals surface area contributed by atoms with Crippen molar-refractivity contribution in [3.05, 3.63) is 88.2 Å². The van der Waals surface area contributed by atoms with Gasteiger partial charge in [-0.25, -0.2) is 4.98 Å². The molecule has 0 amide bonds. The first kappa shape index (κ1) is 19.7. The molecule has 0 spiro atoms. The van der Waals surface area contributed by atoms with Crippen molar-refractivity contribution in [3.8, 4) is 22.9 Å². The number of aryl methyl sites for hydroxylation is 2. The molecule has 0 N–H and O–H groups in total. The standard InChI is InChI=1S/C25H24N2O3/c1-17-14-18(2)16-21(15-17)30-13-12-27-24(19-8-10-20(29-3)11-9-19)26-23-7-5-4-6-22(23)25(27)28/h4-11,14-16H,12-13H2,1-3H3. The van der Waals surface area contributed by atoms with Gasteiger partial charge in [0.15, 0.2) is 0 Å². The molecule has 3 aromatic carbocycles. The molecule has 0 unspecified atom stereocenters. The summed E-state index contributed by atoms with van der Waals surface area (Å²) in [5.74, 6) is 2.18. The van der Waals surface area contributed by atoms with Crippen LogP contribution in [-0.2, 0) is 6.54 Å². The van der Waals surface area contributed by atoms with E-state index >= 15 is 0 Å². The fraction of sp³-hybridized carbons (Fsp3) is 0.200. The number of nitrogens with zero attached hydrogens (tertiary/aromatic N) is 2. The first-order chi connectivity index (χ1) is 14.5. The second kappa shape index (κ2) is 8.41. The molecular weight excluding hydrogens is 376 g/mol. The van der Waals surface area contributed by atoms with Gasteiger partial charge in [0.25, 0.3) is 5.56 Å². The number of hydrogen-bond acceptors (Lipinski definition) is 4. The van der Waals surface area contributed by atoms with Crippen LogP contribution in [0.3, 0.4) is 0 Å². The molecule has 0 aliphatic heterocycles. The van der Waals surface area contributed by atoms with Crippen molar-refractivity contribution in [2.75, 3.05) is 13.7 Å². The Balaban J connectivity index is 1.70. The first-order valence-corrected chi connectivity index (χ1v) is 9.90. The molecule has 0 saturated carbocycles. The lowest BCUT2D eigenvalue weighted by atomic mass is 10.1. The minimum absolute atomic E-state index is 0.0737. The summed E-state index contributed by atoms with van der Waals surface area (Å²) in [6.07, 6.45) is 0. The van der Waals surface area contributed by atoms with Crippen molar-refractivity contribution in [2.24, 2.45) is 0 Å². The highest BCUT2D eigenvalue weighted by Gasteiger charge is 2.13. The highest BCUT2D eigenvalue weighted by molar-refractivity contribution is 5.79. The summed E-state index contributed by atoms with van der Waals surface area (Å²) in [7, 11) is 1.63. The van der Waals surface area contributed by atoms with Gasteiger partial charge in [0.2, 0.25) is 0 Å². The zero-order valence-electron chi connectivity index (χ0n) is 17.4. The Morgan fingerprint density at radius 2 is 1.60 bits per heavy atom. The van der Waals surface area contributed by atoms with Gasteiger partial charge in [0.05, 0.1) is 24.6 Å². The van der Waals surface area contributed by atoms with Gasteiger partial charge in [-0.1, -0.05) is 18.2 Å². The average Bonchev–Trinajstić information content (AvgIpc) is 2.74. The minimum atomic E-state index is -0.0737. The summed E-state index contributed by atoms with van der Waals surface area (Å²) in [4.78, 5) is 18.0. The Morgan fingerprint density at radius 1 is 0.900 bits per heavy atom. The molecule has 4 rings (SSSR count). The smallest absolute Gasteiger partial charge is 0.261 e. The highest BCUT2D eigenvalue weighted by atomic mass is 16.5. The van der Waals surface area contributed by atoms with Crippen LogP contribution in [0.25, 0.3) is 22.3 Å². The number of hydrogen-bond donors (Lipinski definition) is 0. The number of rotatable bonds is 6. The van der Waals surface area contributed by atoms with Gasteiger partial charge in [0.1, 0.15) is 23.9 Å². The number of methoxy groups -OCH3 is 1. The van der Waals surface area contributed by atoms with E-state index < -0.39 is 0 Å². The van der Waals surface area contributed by atoms with Gasteiger partial charge in [0, 0.05) is 5.56 Å². The van der Waals surface area contributed by atoms with Crippen molar-refractivity contribution in [3.63, 3.8) is 0 Å². The van der Waals surface area contributed by atoms with E-state index in [1.54, 1.807) is 11.7 Å². The summed E-state index contributed by atoms with van der Waals surface area (Å²) in [6, 6.07) is 21.1. The Morgan fingerprint density at radius 3 is 2.30 bits per heavy atom. The van der Waals surface area contributed by atoms with Gasteiger partial charge in [-0.3, -0.25) is 9.36 Å². The Labute approximate surface area is 175 Å². The first-order valence-electron chi connectivity index (χ1n) is 9.90. The van der Waals surface area contributed by atoms with E-state index in [9.17, 15) is 4.79 Å². The van der Waals surface area contributed by atoms with E-state index in [0.717, 1.165) is 28.2 Å². The van der Waals surface area contributed by atoms with Crippen LogP contribution in [0, 0.1) is 13.8 Å². The second-order valence-corrected chi connectivity index (χ2v) is 7.31. The topological polar surface area (TPSA) is 53.3 Å². The predicted molar refractivity (Wildman–Crippen MR) is 119 cm³/mol. The molecule has 0 fully saturated rings. The highest BCUT2D eigenvalue weighted by Crippen LogP contribution is 2.22. The van der Waals surface area contributed by atoms with Gasteiger partial charge in [-0.15, -0.1) is 0 Å². The largest absolute Gasteiger partial charge is 0.497 e. The van der Waals surface area contributed by atoms with E-state index in [1.165, 1.54) is 0 Å². The van der Waals surface area contributed by atoms with E-state index in [-0.39, 0.29) is 5.56 Å². The zero-order valence-corrected chi connectivity index (χ0v) is 17.4. The van der Waals surface area contributed by atoms with Crippen LogP contribution in [-0.4, -0.2) is 23.3 Å². The molecule has 5 nitrogen and oxygen atoms in total. The average molecular weight is 400 g/mol. The molecular formula is C25H24N2O3. The van der Waals surface area contributed by atoms with Crippen molar-refractivity contribution in [2.45, 2.75) is 20.4 Å². The quantitative estimate of drug-likeness (QED) is 0.468. The van der Waals surface area contributed by atoms with Crippen LogP contribution < -0.4 is 15.0 Å². The third-order valence-corrected chi connectivity index (χ3v) is 4.99. The van der Waals surface area contributed by atoms with Crippen molar-refractivity contribution >= 4 is 10.9 Å². The third kappa shape index (κ3) is 4.06. The summed E-state index contributed by atoms with van der Waals surface area (Å²) < 4.78 is 12.9. The Bertz CT molecular complexity index is 1220. The fourth-order valence-corrected chi connectivity index (χ4v) is 3.61. The molecule has 0 atom stereocenters. The van der Waals surface area contributed by atoms with Crippen molar-refractivity contribution < 1.29 is 9.47 Å². The van der Waals surface area contributed by atoms with Gasteiger partial charge in [-0.05, 0) is 73.5 Å². The fourth-order valence-electron chi connectivity index (χ4n) is 3.61. The molecule has 152 valence electrons. The monoisotopic (exact) mass is 400 g/mol. The summed E-state index contributed by atoms with van der Waals surface area (Å²) in [6.45, 7) is 4.84. The van der Waals surface area contributed by atoms with Crippen LogP contribution in [0.2, 0.25) is 0 Å². The Kier molecular flexibility index (Phi) is 5.53. The maximum atomic E-state index is 13.2. The number of ether oxygens (including phenoxy) is 2. The zero-order chi connectivity index (χ0) is 21.1. The minimum Gasteiger partial charge on any atom is -0.497 e. The number of para-hydroxylation sites is 1. The lowest BCUT2D eigenvalue weighted by molar-refractivity contribution is 0.296. The molecule has 1 heterocycles. The van der Waals surface area contributed by atoms with Crippen LogP contribution in [0.15, 0.2) is 71.5 Å². The maximum absolute atomic E-state index is 13.2. The third-order valence-electron chi connectivity index (χ3n) is 4.99. The van der Waals surface area contributed by atoms with E-state index in [2.05, 4.69) is 6.07 Å². The summed E-state index contributed by atoms with van der Waals surface area (Å²) >= 11 is 0. The normalized spacial score (nSPS) is 10.9. The molecule has 0 aliphatic carbocycles. The second-order valence-electron chi connectivity index (χ2n) is 7.31. The van der Waals surface area contributed by atoms with E-state index in [0.29, 0.717) is 29.9 Å². The van der Waals surface area contributed by atoms with Crippen molar-refractivity contribution in [1.29, 1.82) is 0 Å². The lowest BCUT2D eigenvalue weighted by Crippen LogP contribution is -2.26. The van der Waals surface area contributed by atoms with Gasteiger partial charge >= 0.3 is 0 Å². The maximum Gasteiger partial charge on any atom is 0.261 e. The van der Waals surface area contributed by atoms with Crippen LogP contribution in [0.4, 0.5) is 0 Å². The molecule has 0 radical (unpaired) electrons. The molecule has 0 bridgehead atoms. The number of fused-ring (bicyclic) bond motifs is 1. The van der Waals surface area contributed by atoms with Gasteiger partial charge in [-0.2, -0.15) is 0 Å². The summed E-state index contributed by atoms with van der Waals surface area (Å²) in [5, 5.41) is 0.598. The molecule has 0 saturated heterocycles. The molecule has 1 aromatic heterocycles. The molecule has 5 heteroatoms. The SMILES string of the molecule is COc1ccc(-c2nc3ccccc3c(=O)n2CCOc2cc(C)cc(C)c2)cc1. The van der Waals surface area contributed by atoms with Crippen LogP contribution >= 0.6 is 0 Å². The number of benzene rings is 3. The van der Waals surface area contributed by atoms with E-state index in [1.807, 2.05) is 74.5 Å². The summed E-state index contributed by atoms with van der Waals surface area (Å²) in [5.41, 5.74) is 3.75. The van der Waals surface area contributed by atoms with Crippen LogP contribution in [0.1, 0.15) is 11.1 Å². The molecule has 0 aliphatic rings. The van der Waals surface area contributed by atoms with Gasteiger partial charge < -0.3 is 9.47 Å². The lowest BCUT2D eigenvalue weighted by Gasteiger charge is -2.15. The molecule has 4 aromatic rings. The van der Waals surface area contributed by atoms with Crippen LogP contribution in [0.5, 0.6) is 11.5 Å². The van der Waals surface area contributed by atoms with Crippen molar-refractivity contribution in [1.82, 2.24) is 9.55 Å². The molecule has 30 heavy (non-hydrogen) atoms. The number of aromatic nitrogens is 2. The Hall–Kier alpha value is -3.60.